The number of nitrogens with one attached hydrogen (secondary N) is 1. The van der Waals surface area contributed by atoms with Crippen molar-refractivity contribution in [1.82, 2.24) is 10.2 Å². The van der Waals surface area contributed by atoms with Gasteiger partial charge < -0.3 is 5.32 Å². The van der Waals surface area contributed by atoms with Gasteiger partial charge in [-0.05, 0) is 36.1 Å². The zero-order valence-corrected chi connectivity index (χ0v) is 19.1. The Labute approximate surface area is 186 Å². The molecule has 1 N–H and O–H groups in total. The minimum Gasteiger partial charge on any atom is -0.323 e. The first-order valence-electron chi connectivity index (χ1n) is 9.29. The molecule has 1 aromatic heterocycles. The Balaban J connectivity index is 1.52. The molecule has 0 radical (unpaired) electrons. The van der Waals surface area contributed by atoms with Crippen LogP contribution in [-0.2, 0) is 10.5 Å². The van der Waals surface area contributed by atoms with Crippen LogP contribution < -0.4 is 5.32 Å². The molecule has 1 amide bonds. The molecule has 0 aliphatic carbocycles. The normalized spacial score (nSPS) is 12.2. The summed E-state index contributed by atoms with van der Waals surface area (Å²) in [6.07, 6.45) is 0. The van der Waals surface area contributed by atoms with Gasteiger partial charge in [-0.3, -0.25) is 4.79 Å². The highest BCUT2D eigenvalue weighted by Crippen LogP contribution is 2.33. The number of halogens is 2. The smallest absolute Gasteiger partial charge is 0.237 e. The molecule has 2 aromatic carbocycles. The van der Waals surface area contributed by atoms with E-state index in [2.05, 4.69) is 53.6 Å². The molecule has 0 aliphatic rings. The monoisotopic (exact) mass is 465 g/mol. The van der Waals surface area contributed by atoms with Crippen LogP contribution in [0.5, 0.6) is 0 Å². The molecule has 30 heavy (non-hydrogen) atoms. The van der Waals surface area contributed by atoms with Crippen molar-refractivity contribution in [1.29, 1.82) is 0 Å². The van der Waals surface area contributed by atoms with Crippen LogP contribution in [0.25, 0.3) is 0 Å². The quantitative estimate of drug-likeness (QED) is 0.393. The zero-order chi connectivity index (χ0) is 21.7. The molecule has 0 fully saturated rings. The van der Waals surface area contributed by atoms with Crippen molar-refractivity contribution in [2.75, 3.05) is 5.32 Å². The van der Waals surface area contributed by atoms with E-state index >= 15 is 0 Å². The van der Waals surface area contributed by atoms with Crippen LogP contribution >= 0.6 is 34.9 Å². The molecule has 0 aliphatic heterocycles. The molecule has 0 spiro atoms. The second-order valence-corrected chi connectivity index (χ2v) is 10.7. The van der Waals surface area contributed by atoms with E-state index in [1.807, 2.05) is 0 Å². The predicted octanol–water partition coefficient (Wildman–Crippen LogP) is 6.35. The number of carbonyl (C=O) groups excluding carboxylic acids is 1. The van der Waals surface area contributed by atoms with Gasteiger partial charge in [0, 0.05) is 11.8 Å². The van der Waals surface area contributed by atoms with E-state index in [0.717, 1.165) is 22.2 Å². The van der Waals surface area contributed by atoms with Crippen LogP contribution in [0.4, 0.5) is 14.5 Å². The molecule has 3 aromatic rings. The van der Waals surface area contributed by atoms with E-state index in [9.17, 15) is 13.6 Å². The maximum absolute atomic E-state index is 13.7. The van der Waals surface area contributed by atoms with Crippen LogP contribution in [-0.4, -0.2) is 21.4 Å². The Hall–Kier alpha value is -1.97. The molecule has 0 saturated carbocycles. The van der Waals surface area contributed by atoms with Crippen molar-refractivity contribution < 1.29 is 13.6 Å². The van der Waals surface area contributed by atoms with Crippen LogP contribution in [0.3, 0.4) is 0 Å². The Morgan fingerprint density at radius 3 is 2.43 bits per heavy atom. The third kappa shape index (κ3) is 6.26. The summed E-state index contributed by atoms with van der Waals surface area (Å²) in [5.74, 6) is -0.593. The van der Waals surface area contributed by atoms with E-state index in [-0.39, 0.29) is 11.6 Å². The number of nitrogens with zero attached hydrogens (tertiary/aromatic N) is 2. The van der Waals surface area contributed by atoms with Gasteiger partial charge in [-0.1, -0.05) is 73.0 Å². The molecule has 1 atom stereocenters. The van der Waals surface area contributed by atoms with E-state index in [4.69, 9.17) is 0 Å². The topological polar surface area (TPSA) is 54.9 Å². The maximum Gasteiger partial charge on any atom is 0.237 e. The number of rotatable bonds is 8. The average Bonchev–Trinajstić information content (AvgIpc) is 3.16. The molecule has 3 rings (SSSR count). The Kier molecular flexibility index (Phi) is 7.85. The lowest BCUT2D eigenvalue weighted by Gasteiger charge is -2.10. The van der Waals surface area contributed by atoms with Crippen molar-refractivity contribution in [2.45, 2.75) is 46.4 Å². The molecular formula is C21H21F2N3OS3. The molecular weight excluding hydrogens is 444 g/mol. The van der Waals surface area contributed by atoms with E-state index < -0.39 is 16.9 Å². The lowest BCUT2D eigenvalue weighted by Crippen LogP contribution is -2.22. The molecule has 4 nitrogen and oxygen atoms in total. The maximum atomic E-state index is 13.7. The van der Waals surface area contributed by atoms with Gasteiger partial charge in [0.05, 0.1) is 10.9 Å². The fraction of sp³-hybridized carbons (Fsp3) is 0.286. The van der Waals surface area contributed by atoms with Crippen LogP contribution in [0.1, 0.15) is 37.8 Å². The minimum atomic E-state index is -0.809. The second kappa shape index (κ2) is 10.4. The van der Waals surface area contributed by atoms with Crippen molar-refractivity contribution in [3.63, 3.8) is 0 Å². The van der Waals surface area contributed by atoms with E-state index in [0.29, 0.717) is 10.3 Å². The fourth-order valence-corrected chi connectivity index (χ4v) is 5.60. The van der Waals surface area contributed by atoms with Crippen molar-refractivity contribution >= 4 is 46.5 Å². The van der Waals surface area contributed by atoms with Crippen LogP contribution in [0.2, 0.25) is 0 Å². The van der Waals surface area contributed by atoms with Gasteiger partial charge in [-0.15, -0.1) is 10.2 Å². The van der Waals surface area contributed by atoms with E-state index in [1.54, 1.807) is 18.7 Å². The highest BCUT2D eigenvalue weighted by atomic mass is 32.2. The van der Waals surface area contributed by atoms with Gasteiger partial charge in [0.15, 0.2) is 8.68 Å². The third-order valence-corrected chi connectivity index (χ3v) is 7.54. The van der Waals surface area contributed by atoms with Gasteiger partial charge in [0.25, 0.3) is 0 Å². The summed E-state index contributed by atoms with van der Waals surface area (Å²) in [6, 6.07) is 11.6. The summed E-state index contributed by atoms with van der Waals surface area (Å²) in [5.41, 5.74) is 2.47. The van der Waals surface area contributed by atoms with Crippen molar-refractivity contribution in [3.8, 4) is 0 Å². The van der Waals surface area contributed by atoms with Gasteiger partial charge in [-0.25, -0.2) is 8.78 Å². The Morgan fingerprint density at radius 2 is 1.77 bits per heavy atom. The molecule has 0 saturated heterocycles. The molecule has 158 valence electrons. The van der Waals surface area contributed by atoms with E-state index in [1.165, 1.54) is 40.3 Å². The lowest BCUT2D eigenvalue weighted by molar-refractivity contribution is -0.115. The molecule has 1 heterocycles. The number of amides is 1. The first kappa shape index (κ1) is 22.7. The van der Waals surface area contributed by atoms with Gasteiger partial charge in [0.1, 0.15) is 11.6 Å². The second-order valence-electron chi connectivity index (χ2n) is 6.89. The predicted molar refractivity (Wildman–Crippen MR) is 120 cm³/mol. The zero-order valence-electron chi connectivity index (χ0n) is 16.7. The standard InChI is InChI=1S/C21H21F2N3OS3/c1-12(2)15-6-4-14(5-7-15)11-28-20-25-26-21(30-20)29-13(3)19(27)24-18-9-8-16(22)10-17(18)23/h4-10,12-13H,11H2,1-3H3,(H,24,27). The third-order valence-electron chi connectivity index (χ3n) is 4.23. The fourth-order valence-electron chi connectivity index (χ4n) is 2.48. The van der Waals surface area contributed by atoms with Gasteiger partial charge in [0.2, 0.25) is 5.91 Å². The highest BCUT2D eigenvalue weighted by Gasteiger charge is 2.19. The van der Waals surface area contributed by atoms with Gasteiger partial charge >= 0.3 is 0 Å². The summed E-state index contributed by atoms with van der Waals surface area (Å²) in [5, 5.41) is 10.3. The average molecular weight is 466 g/mol. The lowest BCUT2D eigenvalue weighted by atomic mass is 10.0. The molecule has 9 heteroatoms. The van der Waals surface area contributed by atoms with Crippen LogP contribution in [0.15, 0.2) is 51.1 Å². The summed E-state index contributed by atoms with van der Waals surface area (Å²) in [4.78, 5) is 12.3. The summed E-state index contributed by atoms with van der Waals surface area (Å²) in [6.45, 7) is 6.04. The minimum absolute atomic E-state index is 0.0501. The number of hydrogen-bond acceptors (Lipinski definition) is 6. The SMILES string of the molecule is CC(Sc1nnc(SCc2ccc(C(C)C)cc2)s1)C(=O)Nc1ccc(F)cc1F. The largest absolute Gasteiger partial charge is 0.323 e. The Bertz CT molecular complexity index is 1010. The molecule has 0 bridgehead atoms. The first-order valence-corrected chi connectivity index (χ1v) is 12.0. The highest BCUT2D eigenvalue weighted by molar-refractivity contribution is 8.03. The van der Waals surface area contributed by atoms with Crippen molar-refractivity contribution in [2.24, 2.45) is 0 Å². The number of thioether (sulfide) groups is 2. The summed E-state index contributed by atoms with van der Waals surface area (Å²) in [7, 11) is 0. The number of benzene rings is 2. The number of anilines is 1. The number of carbonyl (C=O) groups is 1. The molecule has 1 unspecified atom stereocenters. The number of hydrogen-bond donors (Lipinski definition) is 1. The Morgan fingerprint density at radius 1 is 1.07 bits per heavy atom. The van der Waals surface area contributed by atoms with Crippen LogP contribution in [0, 0.1) is 11.6 Å². The summed E-state index contributed by atoms with van der Waals surface area (Å²) >= 11 is 4.26. The van der Waals surface area contributed by atoms with Gasteiger partial charge in [-0.2, -0.15) is 0 Å². The first-order chi connectivity index (χ1) is 14.3. The van der Waals surface area contributed by atoms with Crippen molar-refractivity contribution in [3.05, 3.63) is 65.2 Å². The summed E-state index contributed by atoms with van der Waals surface area (Å²) < 4.78 is 28.2. The number of aromatic nitrogens is 2.